The summed E-state index contributed by atoms with van der Waals surface area (Å²) >= 11 is 4.58. The highest BCUT2D eigenvalue weighted by molar-refractivity contribution is 9.10. The summed E-state index contributed by atoms with van der Waals surface area (Å²) in [4.78, 5) is 11.7. The molecule has 6 nitrogen and oxygen atoms in total. The van der Waals surface area contributed by atoms with Gasteiger partial charge in [0.2, 0.25) is 5.91 Å². The summed E-state index contributed by atoms with van der Waals surface area (Å²) < 4.78 is 31.5. The maximum atomic E-state index is 12.9. The van der Waals surface area contributed by atoms with Crippen molar-refractivity contribution in [3.8, 4) is 11.5 Å². The lowest BCUT2D eigenvalue weighted by Crippen LogP contribution is -2.54. The fourth-order valence-electron chi connectivity index (χ4n) is 2.56. The fraction of sp³-hybridized carbons (Fsp3) is 0.235. The van der Waals surface area contributed by atoms with Crippen LogP contribution in [0.4, 0.5) is 0 Å². The highest BCUT2D eigenvalue weighted by Gasteiger charge is 2.40. The number of nitrogens with two attached hydrogens (primary N) is 1. The number of carbonyl (C=O) groups excluding carboxylic acids is 1. The first-order chi connectivity index (χ1) is 12.4. The van der Waals surface area contributed by atoms with Crippen LogP contribution in [-0.2, 0) is 14.6 Å². The number of hydrogen-bond donors (Lipinski definition) is 2. The third-order valence-corrected chi connectivity index (χ3v) is 8.39. The van der Waals surface area contributed by atoms with E-state index in [0.29, 0.717) is 23.8 Å². The van der Waals surface area contributed by atoms with E-state index in [-0.39, 0.29) is 4.90 Å². The maximum absolute atomic E-state index is 12.9. The van der Waals surface area contributed by atoms with Crippen molar-refractivity contribution >= 4 is 43.4 Å². The molecule has 0 radical (unpaired) electrons. The van der Waals surface area contributed by atoms with Crippen molar-refractivity contribution < 1.29 is 17.9 Å². The molecule has 0 aromatic heterocycles. The smallest absolute Gasteiger partial charge is 0.236 e. The minimum absolute atomic E-state index is 0.133. The number of amides is 1. The van der Waals surface area contributed by atoms with Crippen LogP contribution in [0, 0.1) is 0 Å². The summed E-state index contributed by atoms with van der Waals surface area (Å²) in [5.74, 6) is 1.09. The maximum Gasteiger partial charge on any atom is 0.236 e. The Balaban J connectivity index is 1.80. The molecule has 1 aliphatic heterocycles. The third kappa shape index (κ3) is 4.22. The SMILES string of the molecule is NC(=O)C1NCCSC1S(=O)(=O)c1ccc(Oc2ccc(Br)cc2)cc1. The molecule has 2 aromatic rings. The van der Waals surface area contributed by atoms with Gasteiger partial charge in [0.15, 0.2) is 9.84 Å². The third-order valence-electron chi connectivity index (χ3n) is 3.83. The molecule has 0 aliphatic carbocycles. The number of sulfone groups is 1. The lowest BCUT2D eigenvalue weighted by Gasteiger charge is -2.29. The molecule has 138 valence electrons. The predicted molar refractivity (Wildman–Crippen MR) is 105 cm³/mol. The predicted octanol–water partition coefficient (Wildman–Crippen LogP) is 2.53. The minimum Gasteiger partial charge on any atom is -0.457 e. The summed E-state index contributed by atoms with van der Waals surface area (Å²) in [7, 11) is -3.71. The highest BCUT2D eigenvalue weighted by Crippen LogP contribution is 2.31. The van der Waals surface area contributed by atoms with Gasteiger partial charge >= 0.3 is 0 Å². The van der Waals surface area contributed by atoms with Crippen molar-refractivity contribution in [2.75, 3.05) is 12.3 Å². The first-order valence-electron chi connectivity index (χ1n) is 7.79. The molecule has 0 saturated carbocycles. The summed E-state index contributed by atoms with van der Waals surface area (Å²) in [5, 5.41) is 2.89. The number of rotatable bonds is 5. The van der Waals surface area contributed by atoms with Crippen LogP contribution in [0.1, 0.15) is 0 Å². The lowest BCUT2D eigenvalue weighted by atomic mass is 10.3. The van der Waals surface area contributed by atoms with Crippen LogP contribution >= 0.6 is 27.7 Å². The molecule has 0 spiro atoms. The largest absolute Gasteiger partial charge is 0.457 e. The summed E-state index contributed by atoms with van der Waals surface area (Å²) in [5.41, 5.74) is 5.35. The quantitative estimate of drug-likeness (QED) is 0.716. The Labute approximate surface area is 164 Å². The number of thioether (sulfide) groups is 1. The number of nitrogens with one attached hydrogen (secondary N) is 1. The van der Waals surface area contributed by atoms with Gasteiger partial charge < -0.3 is 15.8 Å². The van der Waals surface area contributed by atoms with Crippen molar-refractivity contribution in [1.29, 1.82) is 0 Å². The van der Waals surface area contributed by atoms with Gasteiger partial charge in [-0.2, -0.15) is 0 Å². The Kier molecular flexibility index (Phi) is 5.91. The molecule has 3 rings (SSSR count). The molecule has 2 unspecified atom stereocenters. The van der Waals surface area contributed by atoms with Gasteiger partial charge in [-0.3, -0.25) is 4.79 Å². The summed E-state index contributed by atoms with van der Waals surface area (Å²) in [6.07, 6.45) is 0. The van der Waals surface area contributed by atoms with Crippen molar-refractivity contribution in [2.24, 2.45) is 5.73 Å². The number of primary amides is 1. The van der Waals surface area contributed by atoms with Crippen LogP contribution < -0.4 is 15.8 Å². The topological polar surface area (TPSA) is 98.5 Å². The molecule has 1 fully saturated rings. The average Bonchev–Trinajstić information content (AvgIpc) is 2.64. The normalized spacial score (nSPS) is 20.5. The molecule has 26 heavy (non-hydrogen) atoms. The van der Waals surface area contributed by atoms with Crippen molar-refractivity contribution in [1.82, 2.24) is 5.32 Å². The molecule has 2 atom stereocenters. The van der Waals surface area contributed by atoms with E-state index in [0.717, 1.165) is 4.47 Å². The Morgan fingerprint density at radius 2 is 1.69 bits per heavy atom. The van der Waals surface area contributed by atoms with Gasteiger partial charge in [0.1, 0.15) is 22.1 Å². The van der Waals surface area contributed by atoms with Gasteiger partial charge in [-0.05, 0) is 48.5 Å². The molecule has 1 amide bonds. The minimum atomic E-state index is -3.71. The standard InChI is InChI=1S/C17H17BrN2O4S2/c18-11-1-3-12(4-2-11)24-13-5-7-14(8-6-13)26(22,23)17-15(16(19)21)20-9-10-25-17/h1-8,15,17,20H,9-10H2,(H2,19,21). The molecule has 1 heterocycles. The van der Waals surface area contributed by atoms with E-state index in [1.165, 1.54) is 23.9 Å². The molecule has 9 heteroatoms. The molecule has 0 bridgehead atoms. The second-order valence-electron chi connectivity index (χ2n) is 5.65. The Morgan fingerprint density at radius 1 is 1.12 bits per heavy atom. The van der Waals surface area contributed by atoms with E-state index >= 15 is 0 Å². The van der Waals surface area contributed by atoms with Gasteiger partial charge in [-0.15, -0.1) is 11.8 Å². The Morgan fingerprint density at radius 3 is 2.27 bits per heavy atom. The van der Waals surface area contributed by atoms with Crippen LogP contribution in [0.5, 0.6) is 11.5 Å². The van der Waals surface area contributed by atoms with E-state index in [9.17, 15) is 13.2 Å². The van der Waals surface area contributed by atoms with Crippen LogP contribution in [0.3, 0.4) is 0 Å². The van der Waals surface area contributed by atoms with E-state index < -0.39 is 26.4 Å². The second-order valence-corrected chi connectivity index (χ2v) is 10.2. The highest BCUT2D eigenvalue weighted by atomic mass is 79.9. The van der Waals surface area contributed by atoms with Crippen molar-refractivity contribution in [2.45, 2.75) is 15.5 Å². The number of halogens is 1. The first kappa shape index (κ1) is 19.2. The van der Waals surface area contributed by atoms with Crippen LogP contribution in [0.25, 0.3) is 0 Å². The van der Waals surface area contributed by atoms with Crippen molar-refractivity contribution in [3.05, 3.63) is 53.0 Å². The zero-order chi connectivity index (χ0) is 18.7. The van der Waals surface area contributed by atoms with Gasteiger partial charge in [0.05, 0.1) is 4.90 Å². The van der Waals surface area contributed by atoms with E-state index in [1.807, 2.05) is 12.1 Å². The van der Waals surface area contributed by atoms with E-state index in [1.54, 1.807) is 24.3 Å². The van der Waals surface area contributed by atoms with Gasteiger partial charge in [-0.25, -0.2) is 8.42 Å². The number of ether oxygens (including phenoxy) is 1. The van der Waals surface area contributed by atoms with Gasteiger partial charge in [-0.1, -0.05) is 15.9 Å². The van der Waals surface area contributed by atoms with Crippen molar-refractivity contribution in [3.63, 3.8) is 0 Å². The van der Waals surface area contributed by atoms with Gasteiger partial charge in [0.25, 0.3) is 0 Å². The molecule has 1 saturated heterocycles. The second kappa shape index (κ2) is 7.99. The van der Waals surface area contributed by atoms with E-state index in [4.69, 9.17) is 10.5 Å². The summed E-state index contributed by atoms with van der Waals surface area (Å²) in [6.45, 7) is 0.546. The molecule has 1 aliphatic rings. The first-order valence-corrected chi connectivity index (χ1v) is 11.2. The average molecular weight is 457 g/mol. The lowest BCUT2D eigenvalue weighted by molar-refractivity contribution is -0.119. The zero-order valence-corrected chi connectivity index (χ0v) is 16.8. The van der Waals surface area contributed by atoms with Crippen LogP contribution in [0.15, 0.2) is 57.9 Å². The Hall–Kier alpha value is -1.55. The number of hydrogen-bond acceptors (Lipinski definition) is 6. The van der Waals surface area contributed by atoms with E-state index in [2.05, 4.69) is 21.2 Å². The number of carbonyl (C=O) groups is 1. The van der Waals surface area contributed by atoms with Gasteiger partial charge in [0, 0.05) is 16.8 Å². The number of benzene rings is 2. The Bertz CT molecular complexity index is 886. The van der Waals surface area contributed by atoms with Crippen LogP contribution in [-0.4, -0.2) is 37.2 Å². The fourth-order valence-corrected chi connectivity index (χ4v) is 6.42. The monoisotopic (exact) mass is 456 g/mol. The zero-order valence-electron chi connectivity index (χ0n) is 13.6. The molecular weight excluding hydrogens is 440 g/mol. The molecule has 2 aromatic carbocycles. The van der Waals surface area contributed by atoms with Crippen LogP contribution in [0.2, 0.25) is 0 Å². The summed E-state index contributed by atoms with van der Waals surface area (Å²) in [6, 6.07) is 12.6. The molecule has 3 N–H and O–H groups in total. The molecular formula is C17H17BrN2O4S2.